The highest BCUT2D eigenvalue weighted by molar-refractivity contribution is 7.12. The number of carbonyl (C=O) groups excluding carboxylic acids is 3. The highest BCUT2D eigenvalue weighted by Gasteiger charge is 2.27. The van der Waals surface area contributed by atoms with E-state index in [1.54, 1.807) is 16.8 Å². The second kappa shape index (κ2) is 10.4. The first-order valence-electron chi connectivity index (χ1n) is 10.9. The Hall–Kier alpha value is -3.24. The van der Waals surface area contributed by atoms with E-state index < -0.39 is 5.91 Å². The molecule has 1 fully saturated rings. The first-order valence-corrected chi connectivity index (χ1v) is 12.7. The van der Waals surface area contributed by atoms with Crippen LogP contribution < -0.4 is 15.8 Å². The summed E-state index contributed by atoms with van der Waals surface area (Å²) in [5, 5.41) is 7.00. The zero-order valence-electron chi connectivity index (χ0n) is 19.0. The standard InChI is InChI=1S/C24H26N4O4S2/c1-14-3-4-17(11-15(14)2)32-12-20(29)28-8-5-16(6-9-28)24-27-19(13-34-24)23(31)26-18-7-10-33-21(18)22(25)30/h3-4,7,10-11,13,16H,5-6,8-9,12H2,1-2H3,(H2,25,30)(H,26,31). The lowest BCUT2D eigenvalue weighted by Crippen LogP contribution is -2.40. The number of benzene rings is 1. The summed E-state index contributed by atoms with van der Waals surface area (Å²) < 4.78 is 5.69. The van der Waals surface area contributed by atoms with Crippen LogP contribution in [-0.2, 0) is 4.79 Å². The molecular weight excluding hydrogens is 472 g/mol. The molecule has 4 rings (SSSR count). The van der Waals surface area contributed by atoms with Crippen molar-refractivity contribution in [2.75, 3.05) is 25.0 Å². The SMILES string of the molecule is Cc1ccc(OCC(=O)N2CCC(c3nc(C(=O)Nc4ccsc4C(N)=O)cs3)CC2)cc1C. The van der Waals surface area contributed by atoms with Crippen LogP contribution in [0.3, 0.4) is 0 Å². The van der Waals surface area contributed by atoms with Gasteiger partial charge in [-0.05, 0) is 61.4 Å². The maximum Gasteiger partial charge on any atom is 0.275 e. The molecule has 0 unspecified atom stereocenters. The van der Waals surface area contributed by atoms with E-state index in [2.05, 4.69) is 10.3 Å². The summed E-state index contributed by atoms with van der Waals surface area (Å²) in [5.41, 5.74) is 8.36. The molecule has 0 radical (unpaired) electrons. The number of anilines is 1. The number of nitrogens with two attached hydrogens (primary N) is 1. The van der Waals surface area contributed by atoms with Crippen molar-refractivity contribution in [1.82, 2.24) is 9.88 Å². The van der Waals surface area contributed by atoms with Gasteiger partial charge < -0.3 is 20.7 Å². The van der Waals surface area contributed by atoms with Gasteiger partial charge in [0.05, 0.1) is 10.7 Å². The summed E-state index contributed by atoms with van der Waals surface area (Å²) in [4.78, 5) is 43.3. The van der Waals surface area contributed by atoms with E-state index in [1.165, 1.54) is 28.2 Å². The topological polar surface area (TPSA) is 115 Å². The van der Waals surface area contributed by atoms with E-state index in [-0.39, 0.29) is 24.3 Å². The number of hydrogen-bond donors (Lipinski definition) is 2. The normalized spacial score (nSPS) is 14.1. The predicted octanol–water partition coefficient (Wildman–Crippen LogP) is 3.96. The van der Waals surface area contributed by atoms with Gasteiger partial charge in [-0.2, -0.15) is 0 Å². The third kappa shape index (κ3) is 5.45. The Bertz CT molecular complexity index is 1210. The van der Waals surface area contributed by atoms with Crippen LogP contribution in [0, 0.1) is 13.8 Å². The Kier molecular flexibility index (Phi) is 7.28. The van der Waals surface area contributed by atoms with Crippen LogP contribution >= 0.6 is 22.7 Å². The molecule has 2 aromatic heterocycles. The van der Waals surface area contributed by atoms with Crippen molar-refractivity contribution in [2.45, 2.75) is 32.6 Å². The zero-order chi connectivity index (χ0) is 24.2. The number of nitrogens with zero attached hydrogens (tertiary/aromatic N) is 2. The summed E-state index contributed by atoms with van der Waals surface area (Å²) >= 11 is 2.62. The lowest BCUT2D eigenvalue weighted by molar-refractivity contribution is -0.134. The van der Waals surface area contributed by atoms with Crippen LogP contribution in [0.25, 0.3) is 0 Å². The highest BCUT2D eigenvalue weighted by Crippen LogP contribution is 2.31. The molecule has 0 saturated carbocycles. The highest BCUT2D eigenvalue weighted by atomic mass is 32.1. The van der Waals surface area contributed by atoms with Crippen molar-refractivity contribution in [1.29, 1.82) is 0 Å². The first kappa shape index (κ1) is 23.9. The number of thiazole rings is 1. The number of likely N-dealkylation sites (tertiary alicyclic amines) is 1. The molecule has 1 aliphatic rings. The van der Waals surface area contributed by atoms with Crippen LogP contribution in [-0.4, -0.2) is 47.3 Å². The van der Waals surface area contributed by atoms with Crippen LogP contribution in [0.2, 0.25) is 0 Å². The molecule has 3 N–H and O–H groups in total. The lowest BCUT2D eigenvalue weighted by Gasteiger charge is -2.31. The fourth-order valence-electron chi connectivity index (χ4n) is 3.78. The van der Waals surface area contributed by atoms with Crippen molar-refractivity contribution in [2.24, 2.45) is 5.73 Å². The van der Waals surface area contributed by atoms with Gasteiger partial charge >= 0.3 is 0 Å². The number of ether oxygens (including phenoxy) is 1. The number of thiophene rings is 1. The third-order valence-electron chi connectivity index (χ3n) is 5.93. The van der Waals surface area contributed by atoms with E-state index >= 15 is 0 Å². The van der Waals surface area contributed by atoms with Crippen molar-refractivity contribution in [3.05, 3.63) is 61.7 Å². The Morgan fingerprint density at radius 3 is 2.62 bits per heavy atom. The molecule has 0 bridgehead atoms. The largest absolute Gasteiger partial charge is 0.484 e. The van der Waals surface area contributed by atoms with Crippen molar-refractivity contribution in [3.63, 3.8) is 0 Å². The van der Waals surface area contributed by atoms with Crippen molar-refractivity contribution in [3.8, 4) is 5.75 Å². The molecule has 1 saturated heterocycles. The number of hydrogen-bond acceptors (Lipinski definition) is 7. The average Bonchev–Trinajstić information content (AvgIpc) is 3.50. The Labute approximate surface area is 205 Å². The number of aromatic nitrogens is 1. The smallest absolute Gasteiger partial charge is 0.275 e. The molecule has 0 aliphatic carbocycles. The van der Waals surface area contributed by atoms with Gasteiger partial charge in [0.25, 0.3) is 17.7 Å². The number of rotatable bonds is 7. The maximum atomic E-state index is 12.6. The molecule has 8 nitrogen and oxygen atoms in total. The summed E-state index contributed by atoms with van der Waals surface area (Å²) in [7, 11) is 0. The summed E-state index contributed by atoms with van der Waals surface area (Å²) in [6.07, 6.45) is 1.56. The van der Waals surface area contributed by atoms with E-state index in [1.807, 2.05) is 36.9 Å². The zero-order valence-corrected chi connectivity index (χ0v) is 20.6. The molecule has 1 aliphatic heterocycles. The van der Waals surface area contributed by atoms with Crippen LogP contribution in [0.15, 0.2) is 35.0 Å². The monoisotopic (exact) mass is 498 g/mol. The van der Waals surface area contributed by atoms with Crippen LogP contribution in [0.5, 0.6) is 5.75 Å². The van der Waals surface area contributed by atoms with Gasteiger partial charge in [-0.15, -0.1) is 22.7 Å². The maximum absolute atomic E-state index is 12.6. The minimum atomic E-state index is -0.579. The number of piperidine rings is 1. The predicted molar refractivity (Wildman–Crippen MR) is 133 cm³/mol. The number of aryl methyl sites for hydroxylation is 2. The summed E-state index contributed by atoms with van der Waals surface area (Å²) in [5.74, 6) is -0.0923. The minimum Gasteiger partial charge on any atom is -0.484 e. The Balaban J connectivity index is 1.28. The molecule has 3 aromatic rings. The van der Waals surface area contributed by atoms with Gasteiger partial charge in [-0.1, -0.05) is 6.07 Å². The minimum absolute atomic E-state index is 0.0185. The fourth-order valence-corrected chi connectivity index (χ4v) is 5.45. The second-order valence-corrected chi connectivity index (χ2v) is 10.0. The van der Waals surface area contributed by atoms with Gasteiger partial charge in [0, 0.05) is 24.4 Å². The van der Waals surface area contributed by atoms with E-state index in [0.29, 0.717) is 35.1 Å². The summed E-state index contributed by atoms with van der Waals surface area (Å²) in [6, 6.07) is 7.45. The van der Waals surface area contributed by atoms with Crippen LogP contribution in [0.1, 0.15) is 55.1 Å². The average molecular weight is 499 g/mol. The number of carbonyl (C=O) groups is 3. The molecule has 0 atom stereocenters. The number of primary amides is 1. The number of amides is 3. The summed E-state index contributed by atoms with van der Waals surface area (Å²) in [6.45, 7) is 5.32. The van der Waals surface area contributed by atoms with E-state index in [9.17, 15) is 14.4 Å². The van der Waals surface area contributed by atoms with Gasteiger partial charge in [-0.3, -0.25) is 14.4 Å². The van der Waals surface area contributed by atoms with Crippen molar-refractivity contribution < 1.29 is 19.1 Å². The molecular formula is C24H26N4O4S2. The molecule has 34 heavy (non-hydrogen) atoms. The molecule has 0 spiro atoms. The number of nitrogens with one attached hydrogen (secondary N) is 1. The lowest BCUT2D eigenvalue weighted by atomic mass is 9.97. The molecule has 3 amide bonds. The van der Waals surface area contributed by atoms with E-state index in [0.717, 1.165) is 23.4 Å². The van der Waals surface area contributed by atoms with Crippen LogP contribution in [0.4, 0.5) is 5.69 Å². The van der Waals surface area contributed by atoms with Gasteiger partial charge in [0.1, 0.15) is 16.3 Å². The molecule has 178 valence electrons. The van der Waals surface area contributed by atoms with E-state index in [4.69, 9.17) is 10.5 Å². The third-order valence-corrected chi connectivity index (χ3v) is 7.87. The Morgan fingerprint density at radius 2 is 1.91 bits per heavy atom. The quantitative estimate of drug-likeness (QED) is 0.512. The van der Waals surface area contributed by atoms with Gasteiger partial charge in [-0.25, -0.2) is 4.98 Å². The second-order valence-electron chi connectivity index (χ2n) is 8.24. The molecule has 3 heterocycles. The molecule has 1 aromatic carbocycles. The molecule has 10 heteroatoms. The van der Waals surface area contributed by atoms with Crippen molar-refractivity contribution >= 4 is 46.1 Å². The fraction of sp³-hybridized carbons (Fsp3) is 0.333. The van der Waals surface area contributed by atoms with Gasteiger partial charge in [0.15, 0.2) is 6.61 Å². The Morgan fingerprint density at radius 1 is 1.15 bits per heavy atom. The first-order chi connectivity index (χ1) is 16.3. The van der Waals surface area contributed by atoms with Gasteiger partial charge in [0.2, 0.25) is 0 Å².